The van der Waals surface area contributed by atoms with Gasteiger partial charge in [-0.2, -0.15) is 0 Å². The summed E-state index contributed by atoms with van der Waals surface area (Å²) in [5.74, 6) is -0.906. The molecule has 1 fully saturated rings. The number of likely N-dealkylation sites (N-methyl/N-ethyl adjacent to an activating group) is 1. The lowest BCUT2D eigenvalue weighted by atomic mass is 9.91. The molecule has 0 radical (unpaired) electrons. The van der Waals surface area contributed by atoms with Crippen molar-refractivity contribution in [3.8, 4) is 0 Å². The lowest BCUT2D eigenvalue weighted by Crippen LogP contribution is -2.43. The number of carbonyl (C=O) groups is 1. The normalized spacial score (nSPS) is 19.2. The van der Waals surface area contributed by atoms with E-state index in [2.05, 4.69) is 34.1 Å². The van der Waals surface area contributed by atoms with Gasteiger partial charge in [0.1, 0.15) is 0 Å². The van der Waals surface area contributed by atoms with Gasteiger partial charge in [-0.3, -0.25) is 4.90 Å². The lowest BCUT2D eigenvalue weighted by Gasteiger charge is -2.43. The molecule has 0 aliphatic carbocycles. The average Bonchev–Trinajstić information content (AvgIpc) is 2.84. The van der Waals surface area contributed by atoms with E-state index in [-0.39, 0.29) is 18.2 Å². The topological polar surface area (TPSA) is 53.0 Å². The molecule has 1 N–H and O–H groups in total. The summed E-state index contributed by atoms with van der Waals surface area (Å²) >= 11 is 12.7. The van der Waals surface area contributed by atoms with Crippen LogP contribution >= 0.6 is 23.2 Å². The van der Waals surface area contributed by atoms with Crippen LogP contribution < -0.4 is 0 Å². The van der Waals surface area contributed by atoms with E-state index in [0.717, 1.165) is 36.1 Å². The summed E-state index contributed by atoms with van der Waals surface area (Å²) in [6, 6.07) is 21.5. The monoisotopic (exact) mass is 540 g/mol. The summed E-state index contributed by atoms with van der Waals surface area (Å²) in [4.78, 5) is 16.0. The number of nitrogens with zero attached hydrogens (tertiary/aromatic N) is 2. The second kappa shape index (κ2) is 12.4. The van der Waals surface area contributed by atoms with Gasteiger partial charge < -0.3 is 14.7 Å². The Kier molecular flexibility index (Phi) is 9.27. The summed E-state index contributed by atoms with van der Waals surface area (Å²) in [5, 5.41) is 10.6. The minimum Gasteiger partial charge on any atom is -0.478 e. The van der Waals surface area contributed by atoms with Crippen molar-refractivity contribution in [1.82, 2.24) is 9.80 Å². The number of aryl methyl sites for hydroxylation is 1. The first-order valence-corrected chi connectivity index (χ1v) is 13.3. The number of hydrogen-bond donors (Lipinski definition) is 1. The smallest absolute Gasteiger partial charge is 0.335 e. The van der Waals surface area contributed by atoms with Crippen LogP contribution in [0, 0.1) is 6.92 Å². The molecule has 196 valence electrons. The van der Waals surface area contributed by atoms with Crippen LogP contribution in [-0.4, -0.2) is 54.2 Å². The summed E-state index contributed by atoms with van der Waals surface area (Å²) in [6.45, 7) is 4.32. The van der Waals surface area contributed by atoms with Gasteiger partial charge in [-0.05, 0) is 93.0 Å². The van der Waals surface area contributed by atoms with E-state index < -0.39 is 5.97 Å². The predicted molar refractivity (Wildman–Crippen MR) is 150 cm³/mol. The van der Waals surface area contributed by atoms with Crippen molar-refractivity contribution in [3.05, 3.63) is 105 Å². The molecule has 1 aliphatic rings. The number of halogens is 2. The summed E-state index contributed by atoms with van der Waals surface area (Å²) in [6.07, 6.45) is 1.70. The molecule has 1 heterocycles. The molecular weight excluding hydrogens is 507 g/mol. The highest BCUT2D eigenvalue weighted by Gasteiger charge is 2.35. The number of likely N-dealkylation sites (tertiary alicyclic amines) is 1. The van der Waals surface area contributed by atoms with Gasteiger partial charge in [0, 0.05) is 23.1 Å². The van der Waals surface area contributed by atoms with Crippen molar-refractivity contribution < 1.29 is 14.6 Å². The fourth-order valence-corrected chi connectivity index (χ4v) is 5.72. The van der Waals surface area contributed by atoms with E-state index in [1.165, 1.54) is 5.56 Å². The fourth-order valence-electron chi connectivity index (χ4n) is 5.18. The Morgan fingerprint density at radius 1 is 1.08 bits per heavy atom. The minimum atomic E-state index is -0.906. The fraction of sp³-hybridized carbons (Fsp3) is 0.367. The van der Waals surface area contributed by atoms with Gasteiger partial charge in [-0.1, -0.05) is 59.6 Å². The highest BCUT2D eigenvalue weighted by atomic mass is 35.5. The second-order valence-electron chi connectivity index (χ2n) is 10.0. The van der Waals surface area contributed by atoms with Crippen molar-refractivity contribution in [3.63, 3.8) is 0 Å². The van der Waals surface area contributed by atoms with Gasteiger partial charge >= 0.3 is 5.97 Å². The molecule has 1 saturated heterocycles. The SMILES string of the molecule is Cc1cc(C(=O)O)ccc1CN1CCC[C@H](O[C@H](CN(C)C)c2cc(Cl)cc(Cl)c2)[C@@H]1c1ccccc1. The Morgan fingerprint density at radius 2 is 1.78 bits per heavy atom. The first-order chi connectivity index (χ1) is 17.7. The zero-order valence-corrected chi connectivity index (χ0v) is 23.0. The molecule has 1 aliphatic heterocycles. The highest BCUT2D eigenvalue weighted by Crippen LogP contribution is 2.38. The van der Waals surface area contributed by atoms with Gasteiger partial charge in [-0.15, -0.1) is 0 Å². The van der Waals surface area contributed by atoms with Crippen LogP contribution in [0.25, 0.3) is 0 Å². The molecule has 0 spiro atoms. The summed E-state index contributed by atoms with van der Waals surface area (Å²) in [7, 11) is 4.07. The van der Waals surface area contributed by atoms with Crippen molar-refractivity contribution in [2.45, 2.75) is 44.6 Å². The summed E-state index contributed by atoms with van der Waals surface area (Å²) < 4.78 is 6.94. The number of benzene rings is 3. The van der Waals surface area contributed by atoms with Crippen LogP contribution in [0.4, 0.5) is 0 Å². The molecule has 3 atom stereocenters. The predicted octanol–water partition coefficient (Wildman–Crippen LogP) is 7.03. The lowest BCUT2D eigenvalue weighted by molar-refractivity contribution is -0.0916. The molecule has 37 heavy (non-hydrogen) atoms. The zero-order valence-electron chi connectivity index (χ0n) is 21.5. The van der Waals surface area contributed by atoms with E-state index in [1.54, 1.807) is 18.2 Å². The number of carboxylic acid groups (broad SMARTS) is 1. The third kappa shape index (κ3) is 7.13. The molecule has 0 saturated carbocycles. The van der Waals surface area contributed by atoms with E-state index >= 15 is 0 Å². The van der Waals surface area contributed by atoms with Crippen molar-refractivity contribution in [2.75, 3.05) is 27.2 Å². The van der Waals surface area contributed by atoms with Gasteiger partial charge in [-0.25, -0.2) is 4.79 Å². The van der Waals surface area contributed by atoms with E-state index in [9.17, 15) is 9.90 Å². The molecule has 4 rings (SSSR count). The van der Waals surface area contributed by atoms with Gasteiger partial charge in [0.25, 0.3) is 0 Å². The van der Waals surface area contributed by atoms with Gasteiger partial charge in [0.05, 0.1) is 23.8 Å². The Labute approximate surface area is 229 Å². The van der Waals surface area contributed by atoms with Crippen molar-refractivity contribution >= 4 is 29.2 Å². The van der Waals surface area contributed by atoms with Crippen LogP contribution in [-0.2, 0) is 11.3 Å². The number of ether oxygens (including phenoxy) is 1. The number of rotatable bonds is 9. The maximum atomic E-state index is 11.4. The average molecular weight is 542 g/mol. The second-order valence-corrected chi connectivity index (χ2v) is 10.9. The van der Waals surface area contributed by atoms with E-state index in [1.807, 2.05) is 45.3 Å². The minimum absolute atomic E-state index is 0.0440. The third-order valence-electron chi connectivity index (χ3n) is 6.91. The van der Waals surface area contributed by atoms with Gasteiger partial charge in [0.2, 0.25) is 0 Å². The molecule has 0 aromatic heterocycles. The number of carboxylic acids is 1. The molecular formula is C30H34Cl2N2O3. The summed E-state index contributed by atoms with van der Waals surface area (Å²) in [5.41, 5.74) is 4.59. The quantitative estimate of drug-likeness (QED) is 0.315. The van der Waals surface area contributed by atoms with Crippen molar-refractivity contribution in [2.24, 2.45) is 0 Å². The first-order valence-electron chi connectivity index (χ1n) is 12.6. The maximum absolute atomic E-state index is 11.4. The number of piperidine rings is 1. The Bertz CT molecular complexity index is 1200. The number of aromatic carboxylic acids is 1. The molecule has 3 aromatic rings. The van der Waals surface area contributed by atoms with E-state index in [0.29, 0.717) is 28.7 Å². The molecule has 0 unspecified atom stereocenters. The van der Waals surface area contributed by atoms with Crippen LogP contribution in [0.2, 0.25) is 10.0 Å². The Morgan fingerprint density at radius 3 is 2.41 bits per heavy atom. The van der Waals surface area contributed by atoms with Crippen LogP contribution in [0.15, 0.2) is 66.7 Å². The van der Waals surface area contributed by atoms with Crippen LogP contribution in [0.5, 0.6) is 0 Å². The highest BCUT2D eigenvalue weighted by molar-refractivity contribution is 6.34. The molecule has 0 amide bonds. The first kappa shape index (κ1) is 27.6. The molecule has 0 bridgehead atoms. The maximum Gasteiger partial charge on any atom is 0.335 e. The van der Waals surface area contributed by atoms with Gasteiger partial charge in [0.15, 0.2) is 0 Å². The Balaban J connectivity index is 1.66. The van der Waals surface area contributed by atoms with Crippen LogP contribution in [0.3, 0.4) is 0 Å². The van der Waals surface area contributed by atoms with Crippen LogP contribution in [0.1, 0.15) is 57.6 Å². The zero-order chi connectivity index (χ0) is 26.5. The third-order valence-corrected chi connectivity index (χ3v) is 7.35. The van der Waals surface area contributed by atoms with E-state index in [4.69, 9.17) is 27.9 Å². The Hall–Kier alpha value is -2.41. The largest absolute Gasteiger partial charge is 0.478 e. The molecule has 7 heteroatoms. The van der Waals surface area contributed by atoms with Crippen molar-refractivity contribution in [1.29, 1.82) is 0 Å². The molecule has 5 nitrogen and oxygen atoms in total. The number of hydrogen-bond acceptors (Lipinski definition) is 4. The molecule has 3 aromatic carbocycles. The standard InChI is InChI=1S/C30H34Cl2N2O3/c1-20-14-22(30(35)36)11-12-23(20)18-34-13-7-10-27(29(34)21-8-5-4-6-9-21)37-28(19-33(2)3)24-15-25(31)17-26(32)16-24/h4-6,8-9,11-12,14-17,27-29H,7,10,13,18-19H2,1-3H3,(H,35,36)/t27-,28+,29-/m0/s1.